The van der Waals surface area contributed by atoms with E-state index in [-0.39, 0.29) is 6.61 Å². The van der Waals surface area contributed by atoms with Crippen LogP contribution in [-0.4, -0.2) is 59.8 Å². The molecule has 0 aromatic carbocycles. The second-order valence-electron chi connectivity index (χ2n) is 7.30. The number of phosphoric acid groups is 1. The van der Waals surface area contributed by atoms with Crippen LogP contribution in [0.4, 0.5) is 0 Å². The maximum absolute atomic E-state index is 12.4. The number of aliphatic hydroxyl groups excluding tert-OH is 1. The van der Waals surface area contributed by atoms with E-state index in [9.17, 15) is 24.1 Å². The molecule has 12 nitrogen and oxygen atoms in total. The van der Waals surface area contributed by atoms with Crippen LogP contribution in [0.1, 0.15) is 27.0 Å². The third-order valence-corrected chi connectivity index (χ3v) is 5.52. The zero-order chi connectivity index (χ0) is 22.0. The van der Waals surface area contributed by atoms with E-state index in [2.05, 4.69) is 0 Å². The molecule has 0 bridgehead atoms. The standard InChI is InChI=1S/C16H25N2O10P/c1-16(2,3)14(21)26-8-9-12(28-29(23,24-4)25-5)11(20)13(27-9)18-7-6-10(19)17-15(18)22/h6-7,9,11-13,20H,8H2,1-5H3,(H,17,19,22)/t9-,11-,12-,13-/m1/s1. The molecular formula is C16H25N2O10P. The summed E-state index contributed by atoms with van der Waals surface area (Å²) < 4.78 is 38.9. The number of phosphoric ester groups is 1. The Kier molecular flexibility index (Phi) is 7.20. The summed E-state index contributed by atoms with van der Waals surface area (Å²) in [7, 11) is -1.87. The van der Waals surface area contributed by atoms with Crippen LogP contribution in [0, 0.1) is 5.41 Å². The summed E-state index contributed by atoms with van der Waals surface area (Å²) >= 11 is 0. The Hall–Kier alpha value is -1.82. The van der Waals surface area contributed by atoms with E-state index in [1.165, 1.54) is 0 Å². The van der Waals surface area contributed by atoms with E-state index in [0.29, 0.717) is 0 Å². The summed E-state index contributed by atoms with van der Waals surface area (Å²) in [5, 5.41) is 10.7. The van der Waals surface area contributed by atoms with E-state index < -0.39 is 55.0 Å². The normalized spacial score (nSPS) is 25.2. The van der Waals surface area contributed by atoms with Gasteiger partial charge in [-0.1, -0.05) is 0 Å². The van der Waals surface area contributed by atoms with Gasteiger partial charge in [0.2, 0.25) is 0 Å². The van der Waals surface area contributed by atoms with Gasteiger partial charge in [0.25, 0.3) is 5.56 Å². The number of aliphatic hydroxyl groups is 1. The van der Waals surface area contributed by atoms with Crippen molar-refractivity contribution < 1.29 is 37.5 Å². The van der Waals surface area contributed by atoms with Crippen molar-refractivity contribution in [3.05, 3.63) is 33.1 Å². The van der Waals surface area contributed by atoms with Crippen molar-refractivity contribution >= 4 is 13.8 Å². The first-order valence-corrected chi connectivity index (χ1v) is 10.1. The highest BCUT2D eigenvalue weighted by Crippen LogP contribution is 2.51. The molecule has 13 heteroatoms. The Morgan fingerprint density at radius 3 is 2.45 bits per heavy atom. The molecule has 2 rings (SSSR count). The second kappa shape index (κ2) is 8.90. The van der Waals surface area contributed by atoms with Crippen LogP contribution in [0.15, 0.2) is 21.9 Å². The minimum atomic E-state index is -4.05. The number of hydrogen-bond acceptors (Lipinski definition) is 10. The topological polar surface area (TPSA) is 155 Å². The largest absolute Gasteiger partial charge is 0.474 e. The molecule has 1 aliphatic heterocycles. The summed E-state index contributed by atoms with van der Waals surface area (Å²) in [6, 6.07) is 1.06. The average molecular weight is 436 g/mol. The van der Waals surface area contributed by atoms with Crippen molar-refractivity contribution in [2.24, 2.45) is 5.41 Å². The van der Waals surface area contributed by atoms with Crippen molar-refractivity contribution in [3.8, 4) is 0 Å². The van der Waals surface area contributed by atoms with Gasteiger partial charge in [-0.25, -0.2) is 9.36 Å². The number of carbonyl (C=O) groups is 1. The van der Waals surface area contributed by atoms with Gasteiger partial charge in [-0.3, -0.25) is 32.7 Å². The van der Waals surface area contributed by atoms with Gasteiger partial charge in [0.05, 0.1) is 5.41 Å². The van der Waals surface area contributed by atoms with E-state index in [1.54, 1.807) is 20.8 Å². The Bertz CT molecular complexity index is 881. The SMILES string of the molecule is COP(=O)(OC)O[C@H]1[C@@H](O)[C@H](n2ccc(=O)[nH]c2=O)O[C@@H]1COC(=O)C(C)(C)C. The minimum absolute atomic E-state index is 0.361. The van der Waals surface area contributed by atoms with Crippen LogP contribution in [-0.2, 0) is 32.4 Å². The Morgan fingerprint density at radius 2 is 1.93 bits per heavy atom. The minimum Gasteiger partial charge on any atom is -0.462 e. The van der Waals surface area contributed by atoms with Crippen molar-refractivity contribution in [1.82, 2.24) is 9.55 Å². The molecule has 2 N–H and O–H groups in total. The lowest BCUT2D eigenvalue weighted by molar-refractivity contribution is -0.159. The van der Waals surface area contributed by atoms with Crippen LogP contribution >= 0.6 is 7.82 Å². The van der Waals surface area contributed by atoms with Gasteiger partial charge in [0.15, 0.2) is 6.23 Å². The van der Waals surface area contributed by atoms with Crippen LogP contribution < -0.4 is 11.2 Å². The fourth-order valence-corrected chi connectivity index (χ4v) is 3.41. The van der Waals surface area contributed by atoms with Gasteiger partial charge in [-0.15, -0.1) is 0 Å². The third-order valence-electron chi connectivity index (χ3n) is 4.12. The van der Waals surface area contributed by atoms with Crippen LogP contribution in [0.2, 0.25) is 0 Å². The maximum Gasteiger partial charge on any atom is 0.474 e. The number of H-pyrrole nitrogens is 1. The van der Waals surface area contributed by atoms with E-state index in [1.807, 2.05) is 4.98 Å². The number of esters is 1. The molecule has 4 atom stereocenters. The van der Waals surface area contributed by atoms with E-state index in [4.69, 9.17) is 23.0 Å². The molecule has 0 saturated carbocycles. The monoisotopic (exact) mass is 436 g/mol. The van der Waals surface area contributed by atoms with Gasteiger partial charge >= 0.3 is 19.5 Å². The van der Waals surface area contributed by atoms with E-state index in [0.717, 1.165) is 31.0 Å². The number of hydrogen-bond donors (Lipinski definition) is 2. The predicted octanol–water partition coefficient (Wildman–Crippen LogP) is 0.170. The van der Waals surface area contributed by atoms with Crippen LogP contribution in [0.3, 0.4) is 0 Å². The van der Waals surface area contributed by atoms with Crippen molar-refractivity contribution in [3.63, 3.8) is 0 Å². The molecule has 164 valence electrons. The number of carbonyl (C=O) groups excluding carboxylic acids is 1. The van der Waals surface area contributed by atoms with Gasteiger partial charge in [-0.2, -0.15) is 0 Å². The first kappa shape index (κ1) is 23.5. The number of aromatic nitrogens is 2. The highest BCUT2D eigenvalue weighted by Gasteiger charge is 2.50. The molecule has 1 aromatic rings. The molecule has 2 heterocycles. The first-order valence-electron chi connectivity index (χ1n) is 8.64. The van der Waals surface area contributed by atoms with Gasteiger partial charge < -0.3 is 14.6 Å². The van der Waals surface area contributed by atoms with Gasteiger partial charge in [-0.05, 0) is 20.8 Å². The zero-order valence-electron chi connectivity index (χ0n) is 16.7. The highest BCUT2D eigenvalue weighted by atomic mass is 31.2. The van der Waals surface area contributed by atoms with Crippen LogP contribution in [0.5, 0.6) is 0 Å². The van der Waals surface area contributed by atoms with Crippen molar-refractivity contribution in [2.45, 2.75) is 45.3 Å². The zero-order valence-corrected chi connectivity index (χ0v) is 17.6. The average Bonchev–Trinajstić information content (AvgIpc) is 2.94. The second-order valence-corrected chi connectivity index (χ2v) is 9.14. The van der Waals surface area contributed by atoms with Gasteiger partial charge in [0, 0.05) is 26.5 Å². The summed E-state index contributed by atoms with van der Waals surface area (Å²) in [6.45, 7) is 4.60. The Balaban J connectivity index is 2.32. The maximum atomic E-state index is 12.4. The summed E-state index contributed by atoms with van der Waals surface area (Å²) in [5.41, 5.74) is -2.27. The Labute approximate surface area is 166 Å². The number of nitrogens with one attached hydrogen (secondary N) is 1. The first-order chi connectivity index (χ1) is 13.4. The number of aromatic amines is 1. The smallest absolute Gasteiger partial charge is 0.462 e. The quantitative estimate of drug-likeness (QED) is 0.446. The molecule has 29 heavy (non-hydrogen) atoms. The molecule has 1 aromatic heterocycles. The molecule has 0 spiro atoms. The fraction of sp³-hybridized carbons (Fsp3) is 0.688. The molecule has 1 aliphatic rings. The molecular weight excluding hydrogens is 411 g/mol. The summed E-state index contributed by atoms with van der Waals surface area (Å²) in [4.78, 5) is 37.5. The van der Waals surface area contributed by atoms with Crippen molar-refractivity contribution in [2.75, 3.05) is 20.8 Å². The lowest BCUT2D eigenvalue weighted by atomic mass is 9.97. The molecule has 1 fully saturated rings. The third kappa shape index (κ3) is 5.41. The molecule has 0 aliphatic carbocycles. The number of ether oxygens (including phenoxy) is 2. The highest BCUT2D eigenvalue weighted by molar-refractivity contribution is 7.48. The lowest BCUT2D eigenvalue weighted by Gasteiger charge is -2.24. The van der Waals surface area contributed by atoms with Crippen LogP contribution in [0.25, 0.3) is 0 Å². The number of rotatable bonds is 7. The van der Waals surface area contributed by atoms with Gasteiger partial charge in [0.1, 0.15) is 24.9 Å². The molecule has 0 radical (unpaired) electrons. The summed E-state index contributed by atoms with van der Waals surface area (Å²) in [5.74, 6) is -0.541. The fourth-order valence-electron chi connectivity index (χ4n) is 2.53. The molecule has 0 amide bonds. The lowest BCUT2D eigenvalue weighted by Crippen LogP contribution is -2.39. The molecule has 0 unspecified atom stereocenters. The number of nitrogens with zero attached hydrogens (tertiary/aromatic N) is 1. The Morgan fingerprint density at radius 1 is 1.31 bits per heavy atom. The predicted molar refractivity (Wildman–Crippen MR) is 98.2 cm³/mol. The summed E-state index contributed by atoms with van der Waals surface area (Å²) in [6.07, 6.45) is -4.17. The van der Waals surface area contributed by atoms with Crippen molar-refractivity contribution in [1.29, 1.82) is 0 Å². The molecule has 1 saturated heterocycles. The van der Waals surface area contributed by atoms with E-state index >= 15 is 0 Å².